The van der Waals surface area contributed by atoms with Crippen molar-refractivity contribution in [3.8, 4) is 0 Å². The van der Waals surface area contributed by atoms with Gasteiger partial charge in [0.25, 0.3) is 0 Å². The molecule has 1 aliphatic carbocycles. The van der Waals surface area contributed by atoms with E-state index in [0.717, 1.165) is 29.5 Å². The molecule has 0 atom stereocenters. The minimum atomic E-state index is 0.764. The second-order valence-corrected chi connectivity index (χ2v) is 4.66. The van der Waals surface area contributed by atoms with E-state index in [1.54, 1.807) is 0 Å². The maximum absolute atomic E-state index is 5.78. The molecule has 0 spiro atoms. The number of anilines is 1. The topological polar surface area (TPSA) is 56.2 Å². The van der Waals surface area contributed by atoms with Gasteiger partial charge in [0.2, 0.25) is 0 Å². The Bertz CT molecular complexity index is 497. The minimum Gasteiger partial charge on any atom is -0.398 e. The van der Waals surface area contributed by atoms with Gasteiger partial charge in [-0.15, -0.1) is 10.2 Å². The SMILES string of the molecule is Nc1ccc2nnc(CC3CCCC3)n2c1. The molecule has 84 valence electrons. The molecule has 0 unspecified atom stereocenters. The Morgan fingerprint density at radius 1 is 1.25 bits per heavy atom. The first kappa shape index (κ1) is 9.63. The first-order chi connectivity index (χ1) is 7.83. The average molecular weight is 216 g/mol. The lowest BCUT2D eigenvalue weighted by molar-refractivity contribution is 0.527. The van der Waals surface area contributed by atoms with Gasteiger partial charge in [-0.05, 0) is 18.1 Å². The first-order valence-electron chi connectivity index (χ1n) is 5.92. The number of aromatic nitrogens is 3. The maximum atomic E-state index is 5.78. The van der Waals surface area contributed by atoms with Crippen molar-refractivity contribution in [1.29, 1.82) is 0 Å². The molecule has 0 radical (unpaired) electrons. The van der Waals surface area contributed by atoms with Gasteiger partial charge in [0.1, 0.15) is 5.82 Å². The molecule has 2 N–H and O–H groups in total. The molecule has 0 saturated heterocycles. The van der Waals surface area contributed by atoms with Crippen molar-refractivity contribution in [2.45, 2.75) is 32.1 Å². The van der Waals surface area contributed by atoms with E-state index in [2.05, 4.69) is 10.2 Å². The summed E-state index contributed by atoms with van der Waals surface area (Å²) in [6.07, 6.45) is 8.34. The van der Waals surface area contributed by atoms with Crippen LogP contribution in [0.5, 0.6) is 0 Å². The lowest BCUT2D eigenvalue weighted by Crippen LogP contribution is -2.04. The van der Waals surface area contributed by atoms with E-state index in [-0.39, 0.29) is 0 Å². The van der Waals surface area contributed by atoms with Gasteiger partial charge in [-0.3, -0.25) is 4.40 Å². The number of pyridine rings is 1. The van der Waals surface area contributed by atoms with Gasteiger partial charge in [0.05, 0.1) is 0 Å². The molecule has 0 aromatic carbocycles. The van der Waals surface area contributed by atoms with Crippen LogP contribution in [0.2, 0.25) is 0 Å². The van der Waals surface area contributed by atoms with Crippen LogP contribution in [0.1, 0.15) is 31.5 Å². The van der Waals surface area contributed by atoms with Crippen LogP contribution < -0.4 is 5.73 Å². The van der Waals surface area contributed by atoms with Gasteiger partial charge in [-0.2, -0.15) is 0 Å². The van der Waals surface area contributed by atoms with Gasteiger partial charge in [0.15, 0.2) is 5.65 Å². The highest BCUT2D eigenvalue weighted by atomic mass is 15.2. The second-order valence-electron chi connectivity index (χ2n) is 4.66. The van der Waals surface area contributed by atoms with Gasteiger partial charge < -0.3 is 5.73 Å². The van der Waals surface area contributed by atoms with Crippen molar-refractivity contribution < 1.29 is 0 Å². The van der Waals surface area contributed by atoms with E-state index < -0.39 is 0 Å². The van der Waals surface area contributed by atoms with Crippen molar-refractivity contribution in [1.82, 2.24) is 14.6 Å². The molecule has 2 heterocycles. The third-order valence-electron chi connectivity index (χ3n) is 3.44. The Balaban J connectivity index is 1.93. The Hall–Kier alpha value is -1.58. The Morgan fingerprint density at radius 3 is 2.88 bits per heavy atom. The molecule has 3 rings (SSSR count). The van der Waals surface area contributed by atoms with Crippen LogP contribution in [0.25, 0.3) is 5.65 Å². The van der Waals surface area contributed by atoms with Crippen molar-refractivity contribution in [2.24, 2.45) is 5.92 Å². The molecule has 0 bridgehead atoms. The van der Waals surface area contributed by atoms with E-state index in [1.807, 2.05) is 22.7 Å². The highest BCUT2D eigenvalue weighted by Gasteiger charge is 2.18. The van der Waals surface area contributed by atoms with Crippen LogP contribution in [0.4, 0.5) is 5.69 Å². The predicted molar refractivity (Wildman–Crippen MR) is 63.1 cm³/mol. The molecule has 1 aliphatic rings. The third-order valence-corrected chi connectivity index (χ3v) is 3.44. The fourth-order valence-corrected chi connectivity index (χ4v) is 2.57. The molecule has 4 nitrogen and oxygen atoms in total. The van der Waals surface area contributed by atoms with Gasteiger partial charge in [0, 0.05) is 18.3 Å². The highest BCUT2D eigenvalue weighted by molar-refractivity contribution is 5.47. The molecule has 1 fully saturated rings. The zero-order valence-corrected chi connectivity index (χ0v) is 9.26. The monoisotopic (exact) mass is 216 g/mol. The van der Waals surface area contributed by atoms with Crippen LogP contribution in [-0.2, 0) is 6.42 Å². The van der Waals surface area contributed by atoms with Crippen LogP contribution in [0.3, 0.4) is 0 Å². The van der Waals surface area contributed by atoms with Gasteiger partial charge >= 0.3 is 0 Å². The smallest absolute Gasteiger partial charge is 0.160 e. The number of nitrogen functional groups attached to an aromatic ring is 1. The molecule has 1 saturated carbocycles. The normalized spacial score (nSPS) is 17.2. The summed E-state index contributed by atoms with van der Waals surface area (Å²) in [4.78, 5) is 0. The van der Waals surface area contributed by atoms with Gasteiger partial charge in [-0.1, -0.05) is 25.7 Å². The van der Waals surface area contributed by atoms with Crippen LogP contribution in [-0.4, -0.2) is 14.6 Å². The molecule has 2 aromatic rings. The fraction of sp³-hybridized carbons (Fsp3) is 0.500. The molecule has 0 aliphatic heterocycles. The summed E-state index contributed by atoms with van der Waals surface area (Å²) >= 11 is 0. The number of nitrogens with two attached hydrogens (primary N) is 1. The summed E-state index contributed by atoms with van der Waals surface area (Å²) in [6.45, 7) is 0. The number of hydrogen-bond acceptors (Lipinski definition) is 3. The third kappa shape index (κ3) is 1.64. The average Bonchev–Trinajstić information content (AvgIpc) is 2.90. The summed E-state index contributed by atoms with van der Waals surface area (Å²) in [7, 11) is 0. The van der Waals surface area contributed by atoms with E-state index in [9.17, 15) is 0 Å². The predicted octanol–water partition coefficient (Wildman–Crippen LogP) is 2.04. The molecule has 2 aromatic heterocycles. The highest BCUT2D eigenvalue weighted by Crippen LogP contribution is 2.27. The number of hydrogen-bond donors (Lipinski definition) is 1. The zero-order valence-electron chi connectivity index (χ0n) is 9.26. The zero-order chi connectivity index (χ0) is 11.0. The summed E-state index contributed by atoms with van der Waals surface area (Å²) in [5, 5.41) is 8.42. The summed E-state index contributed by atoms with van der Waals surface area (Å²) < 4.78 is 2.02. The fourth-order valence-electron chi connectivity index (χ4n) is 2.57. The van der Waals surface area contributed by atoms with E-state index >= 15 is 0 Å². The number of fused-ring (bicyclic) bond motifs is 1. The Kier molecular flexibility index (Phi) is 2.27. The van der Waals surface area contributed by atoms with E-state index in [0.29, 0.717) is 0 Å². The molecule has 0 amide bonds. The second kappa shape index (κ2) is 3.77. The molecular weight excluding hydrogens is 200 g/mol. The quantitative estimate of drug-likeness (QED) is 0.835. The lowest BCUT2D eigenvalue weighted by Gasteiger charge is -2.06. The largest absolute Gasteiger partial charge is 0.398 e. The van der Waals surface area contributed by atoms with Crippen LogP contribution in [0.15, 0.2) is 18.3 Å². The molecule has 4 heteroatoms. The Morgan fingerprint density at radius 2 is 2.06 bits per heavy atom. The maximum Gasteiger partial charge on any atom is 0.160 e. The molecule has 16 heavy (non-hydrogen) atoms. The van der Waals surface area contributed by atoms with Crippen molar-refractivity contribution >= 4 is 11.3 Å². The van der Waals surface area contributed by atoms with E-state index in [1.165, 1.54) is 25.7 Å². The van der Waals surface area contributed by atoms with E-state index in [4.69, 9.17) is 5.73 Å². The first-order valence-corrected chi connectivity index (χ1v) is 5.92. The van der Waals surface area contributed by atoms with Crippen LogP contribution in [0, 0.1) is 5.92 Å². The van der Waals surface area contributed by atoms with Crippen LogP contribution >= 0.6 is 0 Å². The summed E-state index contributed by atoms with van der Waals surface area (Å²) in [6, 6.07) is 3.78. The van der Waals surface area contributed by atoms with Crippen molar-refractivity contribution in [3.05, 3.63) is 24.2 Å². The summed E-state index contributed by atoms with van der Waals surface area (Å²) in [5.74, 6) is 1.84. The summed E-state index contributed by atoms with van der Waals surface area (Å²) in [5.41, 5.74) is 7.44. The van der Waals surface area contributed by atoms with Crippen molar-refractivity contribution in [2.75, 3.05) is 5.73 Å². The Labute approximate surface area is 94.5 Å². The lowest BCUT2D eigenvalue weighted by atomic mass is 10.0. The number of nitrogens with zero attached hydrogens (tertiary/aromatic N) is 3. The number of rotatable bonds is 2. The standard InChI is InChI=1S/C12H16N4/c13-10-5-6-11-14-15-12(16(11)8-10)7-9-3-1-2-4-9/h5-6,8-9H,1-4,7,13H2. The molecular formula is C12H16N4. The minimum absolute atomic E-state index is 0.764. The van der Waals surface area contributed by atoms with Gasteiger partial charge in [-0.25, -0.2) is 0 Å². The van der Waals surface area contributed by atoms with Crippen molar-refractivity contribution in [3.63, 3.8) is 0 Å².